The second kappa shape index (κ2) is 9.33. The second-order valence-electron chi connectivity index (χ2n) is 6.92. The zero-order chi connectivity index (χ0) is 19.1. The van der Waals surface area contributed by atoms with Crippen LogP contribution < -0.4 is 4.74 Å². The van der Waals surface area contributed by atoms with Crippen LogP contribution in [0.2, 0.25) is 0 Å². The molecule has 2 aromatic rings. The quantitative estimate of drug-likeness (QED) is 0.706. The van der Waals surface area contributed by atoms with Gasteiger partial charge in [-0.05, 0) is 62.8 Å². The molecule has 0 saturated carbocycles. The largest absolute Gasteiger partial charge is 0.489 e. The fourth-order valence-corrected chi connectivity index (χ4v) is 3.43. The molecular weight excluding hydrogens is 338 g/mol. The zero-order valence-corrected chi connectivity index (χ0v) is 15.9. The molecule has 5 nitrogen and oxygen atoms in total. The van der Waals surface area contributed by atoms with Crippen LogP contribution in [0.25, 0.3) is 0 Å². The molecule has 2 heterocycles. The molecule has 0 radical (unpaired) electrons. The molecule has 1 aliphatic heterocycles. The number of benzene rings is 1. The van der Waals surface area contributed by atoms with Gasteiger partial charge in [0.15, 0.2) is 0 Å². The first-order chi connectivity index (χ1) is 13.2. The molecule has 27 heavy (non-hydrogen) atoms. The SMILES string of the molecule is C=CCOc1ccccc1C(=O)N(Cc1ccncc1)C1CCN(C)CC1. The summed E-state index contributed by atoms with van der Waals surface area (Å²) < 4.78 is 5.73. The van der Waals surface area contributed by atoms with Gasteiger partial charge in [-0.1, -0.05) is 24.8 Å². The summed E-state index contributed by atoms with van der Waals surface area (Å²) in [5, 5.41) is 0. The number of carbonyl (C=O) groups excluding carboxylic acids is 1. The molecular formula is C22H27N3O2. The first kappa shape index (κ1) is 19.1. The maximum Gasteiger partial charge on any atom is 0.258 e. The molecule has 0 N–H and O–H groups in total. The van der Waals surface area contributed by atoms with E-state index in [0.717, 1.165) is 31.5 Å². The van der Waals surface area contributed by atoms with Crippen molar-refractivity contribution in [2.45, 2.75) is 25.4 Å². The van der Waals surface area contributed by atoms with Gasteiger partial charge in [-0.15, -0.1) is 0 Å². The van der Waals surface area contributed by atoms with Crippen molar-refractivity contribution < 1.29 is 9.53 Å². The first-order valence-electron chi connectivity index (χ1n) is 9.40. The molecule has 1 aromatic carbocycles. The maximum atomic E-state index is 13.5. The van der Waals surface area contributed by atoms with Gasteiger partial charge >= 0.3 is 0 Å². The summed E-state index contributed by atoms with van der Waals surface area (Å²) in [7, 11) is 2.13. The van der Waals surface area contributed by atoms with Crippen molar-refractivity contribution >= 4 is 5.91 Å². The summed E-state index contributed by atoms with van der Waals surface area (Å²) in [6.45, 7) is 6.64. The maximum absolute atomic E-state index is 13.5. The second-order valence-corrected chi connectivity index (χ2v) is 6.92. The van der Waals surface area contributed by atoms with E-state index in [-0.39, 0.29) is 11.9 Å². The van der Waals surface area contributed by atoms with Gasteiger partial charge in [0, 0.05) is 25.0 Å². The minimum atomic E-state index is 0.0148. The van der Waals surface area contributed by atoms with Crippen molar-refractivity contribution in [2.75, 3.05) is 26.7 Å². The Kier molecular flexibility index (Phi) is 6.60. The molecule has 0 spiro atoms. The van der Waals surface area contributed by atoms with E-state index >= 15 is 0 Å². The van der Waals surface area contributed by atoms with Gasteiger partial charge in [0.05, 0.1) is 5.56 Å². The molecule has 1 saturated heterocycles. The molecule has 0 bridgehead atoms. The van der Waals surface area contributed by atoms with Gasteiger partial charge in [0.1, 0.15) is 12.4 Å². The zero-order valence-electron chi connectivity index (χ0n) is 15.9. The van der Waals surface area contributed by atoms with Crippen LogP contribution in [0.5, 0.6) is 5.75 Å². The number of piperidine rings is 1. The molecule has 0 atom stereocenters. The van der Waals surface area contributed by atoms with Crippen molar-refractivity contribution in [3.8, 4) is 5.75 Å². The first-order valence-corrected chi connectivity index (χ1v) is 9.40. The van der Waals surface area contributed by atoms with Gasteiger partial charge in [0.2, 0.25) is 0 Å². The highest BCUT2D eigenvalue weighted by atomic mass is 16.5. The summed E-state index contributed by atoms with van der Waals surface area (Å²) in [4.78, 5) is 21.9. The Bertz CT molecular complexity index is 755. The molecule has 1 amide bonds. The Labute approximate surface area is 161 Å². The lowest BCUT2D eigenvalue weighted by molar-refractivity contribution is 0.0566. The lowest BCUT2D eigenvalue weighted by Crippen LogP contribution is -2.46. The lowest BCUT2D eigenvalue weighted by Gasteiger charge is -2.37. The Morgan fingerprint density at radius 2 is 1.96 bits per heavy atom. The molecule has 0 unspecified atom stereocenters. The van der Waals surface area contributed by atoms with Gasteiger partial charge < -0.3 is 14.5 Å². The number of para-hydroxylation sites is 1. The predicted octanol–water partition coefficient (Wildman–Crippen LogP) is 3.38. The van der Waals surface area contributed by atoms with E-state index in [9.17, 15) is 4.79 Å². The molecule has 5 heteroatoms. The van der Waals surface area contributed by atoms with E-state index in [2.05, 4.69) is 23.5 Å². The number of carbonyl (C=O) groups is 1. The lowest BCUT2D eigenvalue weighted by atomic mass is 10.0. The number of hydrogen-bond acceptors (Lipinski definition) is 4. The van der Waals surface area contributed by atoms with Gasteiger partial charge in [-0.2, -0.15) is 0 Å². The van der Waals surface area contributed by atoms with Gasteiger partial charge in [-0.3, -0.25) is 9.78 Å². The summed E-state index contributed by atoms with van der Waals surface area (Å²) in [5.41, 5.74) is 1.69. The van der Waals surface area contributed by atoms with Crippen LogP contribution in [-0.4, -0.2) is 53.5 Å². The van der Waals surface area contributed by atoms with Crippen LogP contribution >= 0.6 is 0 Å². The molecule has 3 rings (SSSR count). The van der Waals surface area contributed by atoms with E-state index in [0.29, 0.717) is 24.5 Å². The van der Waals surface area contributed by atoms with E-state index < -0.39 is 0 Å². The third-order valence-electron chi connectivity index (χ3n) is 4.97. The van der Waals surface area contributed by atoms with Crippen molar-refractivity contribution in [2.24, 2.45) is 0 Å². The summed E-state index contributed by atoms with van der Waals surface area (Å²) in [5.74, 6) is 0.621. The monoisotopic (exact) mass is 365 g/mol. The third-order valence-corrected chi connectivity index (χ3v) is 4.97. The number of pyridine rings is 1. The Morgan fingerprint density at radius 1 is 1.26 bits per heavy atom. The average Bonchev–Trinajstić information content (AvgIpc) is 2.72. The minimum Gasteiger partial charge on any atom is -0.489 e. The third kappa shape index (κ3) is 4.95. The molecule has 0 aliphatic carbocycles. The number of rotatable bonds is 7. The number of hydrogen-bond donors (Lipinski definition) is 0. The van der Waals surface area contributed by atoms with Crippen LogP contribution in [0.3, 0.4) is 0 Å². The number of aromatic nitrogens is 1. The Hall–Kier alpha value is -2.66. The molecule has 1 fully saturated rings. The van der Waals surface area contributed by atoms with Crippen molar-refractivity contribution in [3.63, 3.8) is 0 Å². The summed E-state index contributed by atoms with van der Waals surface area (Å²) >= 11 is 0. The molecule has 1 aromatic heterocycles. The standard InChI is InChI=1S/C22H27N3O2/c1-3-16-27-21-7-5-4-6-20(21)22(26)25(17-18-8-12-23-13-9-18)19-10-14-24(2)15-11-19/h3-9,12-13,19H,1,10-11,14-17H2,2H3. The van der Waals surface area contributed by atoms with Crippen LogP contribution in [0.4, 0.5) is 0 Å². The average molecular weight is 365 g/mol. The molecule has 142 valence electrons. The fraction of sp³-hybridized carbons (Fsp3) is 0.364. The van der Waals surface area contributed by atoms with E-state index in [1.807, 2.05) is 41.3 Å². The highest BCUT2D eigenvalue weighted by Crippen LogP contribution is 2.25. The van der Waals surface area contributed by atoms with Crippen LogP contribution in [0.15, 0.2) is 61.4 Å². The number of nitrogens with zero attached hydrogens (tertiary/aromatic N) is 3. The van der Waals surface area contributed by atoms with Gasteiger partial charge in [-0.25, -0.2) is 0 Å². The molecule has 1 aliphatic rings. The number of ether oxygens (including phenoxy) is 1. The van der Waals surface area contributed by atoms with Crippen molar-refractivity contribution in [3.05, 3.63) is 72.6 Å². The normalized spacial score (nSPS) is 15.3. The summed E-state index contributed by atoms with van der Waals surface area (Å²) in [6.07, 6.45) is 7.18. The van der Waals surface area contributed by atoms with Crippen LogP contribution in [0.1, 0.15) is 28.8 Å². The van der Waals surface area contributed by atoms with Crippen molar-refractivity contribution in [1.29, 1.82) is 0 Å². The van der Waals surface area contributed by atoms with Crippen molar-refractivity contribution in [1.82, 2.24) is 14.8 Å². The van der Waals surface area contributed by atoms with E-state index in [1.165, 1.54) is 0 Å². The fourth-order valence-electron chi connectivity index (χ4n) is 3.43. The highest BCUT2D eigenvalue weighted by Gasteiger charge is 2.29. The van der Waals surface area contributed by atoms with Gasteiger partial charge in [0.25, 0.3) is 5.91 Å². The Morgan fingerprint density at radius 3 is 2.67 bits per heavy atom. The minimum absolute atomic E-state index is 0.0148. The predicted molar refractivity (Wildman–Crippen MR) is 107 cm³/mol. The smallest absolute Gasteiger partial charge is 0.258 e. The van der Waals surface area contributed by atoms with Crippen LogP contribution in [-0.2, 0) is 6.54 Å². The van der Waals surface area contributed by atoms with E-state index in [1.54, 1.807) is 18.5 Å². The highest BCUT2D eigenvalue weighted by molar-refractivity contribution is 5.97. The Balaban J connectivity index is 1.87. The topological polar surface area (TPSA) is 45.7 Å². The van der Waals surface area contributed by atoms with Crippen LogP contribution in [0, 0.1) is 0 Å². The van der Waals surface area contributed by atoms with E-state index in [4.69, 9.17) is 4.74 Å². The summed E-state index contributed by atoms with van der Waals surface area (Å²) in [6, 6.07) is 11.6. The number of amides is 1. The number of likely N-dealkylation sites (tertiary alicyclic amines) is 1.